The summed E-state index contributed by atoms with van der Waals surface area (Å²) < 4.78 is 27.2. The van der Waals surface area contributed by atoms with E-state index in [9.17, 15) is 13.2 Å². The zero-order valence-corrected chi connectivity index (χ0v) is 13.1. The van der Waals surface area contributed by atoms with Crippen LogP contribution in [0.2, 0.25) is 0 Å². The van der Waals surface area contributed by atoms with Crippen LogP contribution in [0.5, 0.6) is 0 Å². The van der Waals surface area contributed by atoms with Gasteiger partial charge in [0, 0.05) is 18.2 Å². The van der Waals surface area contributed by atoms with Crippen molar-refractivity contribution in [3.8, 4) is 0 Å². The van der Waals surface area contributed by atoms with Crippen LogP contribution in [0.1, 0.15) is 43.0 Å². The summed E-state index contributed by atoms with van der Waals surface area (Å²) in [4.78, 5) is 11.6. The molecule has 0 atom stereocenters. The Labute approximate surface area is 126 Å². The Hall–Kier alpha value is -1.46. The summed E-state index contributed by atoms with van der Waals surface area (Å²) in [7, 11) is -3.59. The number of nitrogens with zero attached hydrogens (tertiary/aromatic N) is 1. The van der Waals surface area contributed by atoms with Gasteiger partial charge in [-0.15, -0.1) is 6.58 Å². The molecular weight excluding hydrogens is 286 g/mol. The minimum atomic E-state index is -3.59. The Morgan fingerprint density at radius 1 is 1.38 bits per heavy atom. The lowest BCUT2D eigenvalue weighted by Crippen LogP contribution is -2.38. The van der Waals surface area contributed by atoms with Gasteiger partial charge in [0.1, 0.15) is 0 Å². The van der Waals surface area contributed by atoms with Crippen molar-refractivity contribution in [2.75, 3.05) is 6.54 Å². The first-order chi connectivity index (χ1) is 9.96. The maximum Gasteiger partial charge on any atom is 0.243 e. The summed E-state index contributed by atoms with van der Waals surface area (Å²) in [5, 5.41) is 0. The predicted octanol–water partition coefficient (Wildman–Crippen LogP) is 3.01. The minimum absolute atomic E-state index is 0.0361. The lowest BCUT2D eigenvalue weighted by atomic mass is 10.2. The fraction of sp³-hybridized carbons (Fsp3) is 0.438. The quantitative estimate of drug-likeness (QED) is 0.599. The van der Waals surface area contributed by atoms with E-state index in [0.717, 1.165) is 25.7 Å². The standard InChI is InChI=1S/C16H21NO3S/c1-3-11-17(15-8-4-5-9-15)21(19,20)16-10-6-7-14(12-16)13(2)18/h3,6-7,10,12,15H,1,4-5,8-9,11H2,2H3. The van der Waals surface area contributed by atoms with Crippen LogP contribution < -0.4 is 0 Å². The lowest BCUT2D eigenvalue weighted by molar-refractivity contribution is 0.101. The molecule has 1 aromatic carbocycles. The fourth-order valence-corrected chi connectivity index (χ4v) is 4.48. The number of carbonyl (C=O) groups excluding carboxylic acids is 1. The first-order valence-electron chi connectivity index (χ1n) is 7.20. The molecule has 114 valence electrons. The summed E-state index contributed by atoms with van der Waals surface area (Å²) >= 11 is 0. The molecule has 1 aliphatic carbocycles. The molecule has 1 aliphatic rings. The third-order valence-electron chi connectivity index (χ3n) is 3.89. The van der Waals surface area contributed by atoms with Crippen LogP contribution in [0.4, 0.5) is 0 Å². The average molecular weight is 307 g/mol. The van der Waals surface area contributed by atoms with E-state index in [1.165, 1.54) is 17.3 Å². The summed E-state index contributed by atoms with van der Waals surface area (Å²) in [6.07, 6.45) is 5.51. The second kappa shape index (κ2) is 6.54. The Morgan fingerprint density at radius 3 is 2.62 bits per heavy atom. The third kappa shape index (κ3) is 3.41. The number of benzene rings is 1. The average Bonchev–Trinajstić information content (AvgIpc) is 2.98. The van der Waals surface area contributed by atoms with Gasteiger partial charge in [-0.25, -0.2) is 8.42 Å². The molecule has 0 radical (unpaired) electrons. The van der Waals surface area contributed by atoms with Gasteiger partial charge in [-0.3, -0.25) is 4.79 Å². The van der Waals surface area contributed by atoms with Crippen LogP contribution in [-0.2, 0) is 10.0 Å². The van der Waals surface area contributed by atoms with Crippen molar-refractivity contribution in [1.29, 1.82) is 0 Å². The number of Topliss-reactive ketones (excluding diaryl/α,β-unsaturated/α-hetero) is 1. The summed E-state index contributed by atoms with van der Waals surface area (Å²) in [6, 6.07) is 6.29. The molecule has 0 bridgehead atoms. The highest BCUT2D eigenvalue weighted by molar-refractivity contribution is 7.89. The highest BCUT2D eigenvalue weighted by Crippen LogP contribution is 2.28. The molecule has 2 rings (SSSR count). The van der Waals surface area contributed by atoms with Gasteiger partial charge in [-0.1, -0.05) is 31.1 Å². The third-order valence-corrected chi connectivity index (χ3v) is 5.80. The molecular formula is C16H21NO3S. The highest BCUT2D eigenvalue weighted by Gasteiger charge is 2.32. The highest BCUT2D eigenvalue weighted by atomic mass is 32.2. The normalized spacial score (nSPS) is 16.3. The molecule has 1 fully saturated rings. The van der Waals surface area contributed by atoms with Gasteiger partial charge in [0.2, 0.25) is 10.0 Å². The van der Waals surface area contributed by atoms with Crippen LogP contribution in [0.3, 0.4) is 0 Å². The number of rotatable bonds is 6. The van der Waals surface area contributed by atoms with Gasteiger partial charge in [0.05, 0.1) is 4.90 Å². The van der Waals surface area contributed by atoms with Crippen LogP contribution in [0.15, 0.2) is 41.8 Å². The number of sulfonamides is 1. The van der Waals surface area contributed by atoms with Crippen molar-refractivity contribution in [2.45, 2.75) is 43.5 Å². The molecule has 0 spiro atoms. The van der Waals surface area contributed by atoms with E-state index in [1.807, 2.05) is 0 Å². The largest absolute Gasteiger partial charge is 0.295 e. The minimum Gasteiger partial charge on any atom is -0.295 e. The van der Waals surface area contributed by atoms with E-state index in [-0.39, 0.29) is 16.7 Å². The molecule has 0 unspecified atom stereocenters. The molecule has 0 aromatic heterocycles. The van der Waals surface area contributed by atoms with Crippen LogP contribution in [0, 0.1) is 0 Å². The van der Waals surface area contributed by atoms with Crippen LogP contribution in [-0.4, -0.2) is 31.1 Å². The van der Waals surface area contributed by atoms with Gasteiger partial charge in [-0.2, -0.15) is 4.31 Å². The van der Waals surface area contributed by atoms with Crippen LogP contribution >= 0.6 is 0 Å². The van der Waals surface area contributed by atoms with Gasteiger partial charge in [-0.05, 0) is 31.9 Å². The van der Waals surface area contributed by atoms with Crippen molar-refractivity contribution in [3.63, 3.8) is 0 Å². The second-order valence-electron chi connectivity index (χ2n) is 5.39. The van der Waals surface area contributed by atoms with E-state index in [2.05, 4.69) is 6.58 Å². The van der Waals surface area contributed by atoms with E-state index in [1.54, 1.807) is 24.3 Å². The molecule has 0 saturated heterocycles. The van der Waals surface area contributed by atoms with Crippen molar-refractivity contribution < 1.29 is 13.2 Å². The summed E-state index contributed by atoms with van der Waals surface area (Å²) in [5.74, 6) is -0.136. The van der Waals surface area contributed by atoms with Gasteiger partial charge in [0.15, 0.2) is 5.78 Å². The van der Waals surface area contributed by atoms with E-state index >= 15 is 0 Å². The first-order valence-corrected chi connectivity index (χ1v) is 8.64. The molecule has 21 heavy (non-hydrogen) atoms. The predicted molar refractivity (Wildman–Crippen MR) is 82.8 cm³/mol. The zero-order chi connectivity index (χ0) is 15.5. The molecule has 1 saturated carbocycles. The van der Waals surface area contributed by atoms with Crippen LogP contribution in [0.25, 0.3) is 0 Å². The zero-order valence-electron chi connectivity index (χ0n) is 12.3. The number of carbonyl (C=O) groups is 1. The lowest BCUT2D eigenvalue weighted by Gasteiger charge is -2.27. The Morgan fingerprint density at radius 2 is 2.05 bits per heavy atom. The summed E-state index contributed by atoms with van der Waals surface area (Å²) in [5.41, 5.74) is 0.418. The first kappa shape index (κ1) is 15.9. The Balaban J connectivity index is 2.39. The molecule has 0 N–H and O–H groups in total. The molecule has 4 nitrogen and oxygen atoms in total. The Bertz CT molecular complexity index is 631. The van der Waals surface area contributed by atoms with E-state index < -0.39 is 10.0 Å². The van der Waals surface area contributed by atoms with Crippen molar-refractivity contribution >= 4 is 15.8 Å². The topological polar surface area (TPSA) is 54.5 Å². The number of hydrogen-bond acceptors (Lipinski definition) is 3. The molecule has 0 amide bonds. The molecule has 1 aromatic rings. The monoisotopic (exact) mass is 307 g/mol. The van der Waals surface area contributed by atoms with Crippen molar-refractivity contribution in [3.05, 3.63) is 42.5 Å². The molecule has 0 heterocycles. The van der Waals surface area contributed by atoms with Gasteiger partial charge >= 0.3 is 0 Å². The summed E-state index contributed by atoms with van der Waals surface area (Å²) in [6.45, 7) is 5.40. The number of hydrogen-bond donors (Lipinski definition) is 0. The smallest absolute Gasteiger partial charge is 0.243 e. The molecule has 5 heteroatoms. The maximum absolute atomic E-state index is 12.9. The van der Waals surface area contributed by atoms with E-state index in [4.69, 9.17) is 0 Å². The Kier molecular flexibility index (Phi) is 4.96. The second-order valence-corrected chi connectivity index (χ2v) is 7.28. The van der Waals surface area contributed by atoms with Gasteiger partial charge in [0.25, 0.3) is 0 Å². The van der Waals surface area contributed by atoms with Crippen molar-refractivity contribution in [1.82, 2.24) is 4.31 Å². The van der Waals surface area contributed by atoms with Crippen molar-refractivity contribution in [2.24, 2.45) is 0 Å². The maximum atomic E-state index is 12.9. The fourth-order valence-electron chi connectivity index (χ4n) is 2.77. The van der Waals surface area contributed by atoms with E-state index in [0.29, 0.717) is 12.1 Å². The molecule has 0 aliphatic heterocycles. The van der Waals surface area contributed by atoms with Gasteiger partial charge < -0.3 is 0 Å². The number of ketones is 1. The SMILES string of the molecule is C=CCN(C1CCCC1)S(=O)(=O)c1cccc(C(C)=O)c1.